The van der Waals surface area contributed by atoms with Crippen molar-refractivity contribution >= 4 is 5.78 Å². The molecule has 0 radical (unpaired) electrons. The zero-order valence-electron chi connectivity index (χ0n) is 9.71. The lowest BCUT2D eigenvalue weighted by molar-refractivity contribution is -0.118. The van der Waals surface area contributed by atoms with Crippen molar-refractivity contribution in [3.8, 4) is 0 Å². The Kier molecular flexibility index (Phi) is 2.41. The van der Waals surface area contributed by atoms with Crippen molar-refractivity contribution in [1.29, 1.82) is 0 Å². The van der Waals surface area contributed by atoms with Gasteiger partial charge in [-0.2, -0.15) is 0 Å². The normalized spacial score (nSPS) is 23.3. The molecule has 80 valence electrons. The first kappa shape index (κ1) is 10.4. The number of ketones is 1. The first-order chi connectivity index (χ1) is 7.02. The average molecular weight is 202 g/mol. The monoisotopic (exact) mass is 202 g/mol. The number of benzene rings is 1. The summed E-state index contributed by atoms with van der Waals surface area (Å²) in [6.07, 6.45) is 2.10. The van der Waals surface area contributed by atoms with E-state index in [1.165, 1.54) is 11.1 Å². The van der Waals surface area contributed by atoms with Crippen LogP contribution in [0.1, 0.15) is 50.7 Å². The molecule has 0 aromatic heterocycles. The smallest absolute Gasteiger partial charge is 0.137 e. The summed E-state index contributed by atoms with van der Waals surface area (Å²) in [5.41, 5.74) is 2.83. The van der Waals surface area contributed by atoms with Gasteiger partial charge in [0.25, 0.3) is 0 Å². The van der Waals surface area contributed by atoms with Crippen molar-refractivity contribution in [2.75, 3.05) is 0 Å². The molecular formula is C14H18O. The molecule has 0 fully saturated rings. The van der Waals surface area contributed by atoms with E-state index in [-0.39, 0.29) is 11.3 Å². The van der Waals surface area contributed by atoms with E-state index in [0.717, 1.165) is 12.8 Å². The molecule has 0 amide bonds. The minimum atomic E-state index is 0.134. The summed E-state index contributed by atoms with van der Waals surface area (Å²) in [5.74, 6) is 0.437. The van der Waals surface area contributed by atoms with Crippen LogP contribution in [0.25, 0.3) is 0 Å². The van der Waals surface area contributed by atoms with Gasteiger partial charge < -0.3 is 0 Å². The molecule has 0 saturated carbocycles. The highest BCUT2D eigenvalue weighted by Gasteiger charge is 2.33. The summed E-state index contributed by atoms with van der Waals surface area (Å²) in [5, 5.41) is 0. The fraction of sp³-hybridized carbons (Fsp3) is 0.500. The van der Waals surface area contributed by atoms with Crippen LogP contribution in [0.2, 0.25) is 0 Å². The summed E-state index contributed by atoms with van der Waals surface area (Å²) in [6.45, 7) is 6.24. The number of hydrogen-bond acceptors (Lipinski definition) is 1. The van der Waals surface area contributed by atoms with Crippen LogP contribution in [0, 0.1) is 0 Å². The molecule has 1 aliphatic rings. The van der Waals surface area contributed by atoms with Gasteiger partial charge in [0.15, 0.2) is 0 Å². The third kappa shape index (κ3) is 1.71. The van der Waals surface area contributed by atoms with E-state index >= 15 is 0 Å². The van der Waals surface area contributed by atoms with Gasteiger partial charge in [0.1, 0.15) is 5.78 Å². The second-order valence-electron chi connectivity index (χ2n) is 5.17. The Morgan fingerprint density at radius 2 is 2.00 bits per heavy atom. The van der Waals surface area contributed by atoms with E-state index < -0.39 is 0 Å². The van der Waals surface area contributed by atoms with Crippen LogP contribution < -0.4 is 0 Å². The van der Waals surface area contributed by atoms with Crippen LogP contribution in [0.3, 0.4) is 0 Å². The van der Waals surface area contributed by atoms with Gasteiger partial charge in [-0.15, -0.1) is 0 Å². The van der Waals surface area contributed by atoms with Gasteiger partial charge in [0.05, 0.1) is 0 Å². The predicted molar refractivity (Wildman–Crippen MR) is 62.1 cm³/mol. The van der Waals surface area contributed by atoms with Gasteiger partial charge in [0, 0.05) is 5.92 Å². The van der Waals surface area contributed by atoms with Crippen molar-refractivity contribution in [2.24, 2.45) is 0 Å². The zero-order valence-corrected chi connectivity index (χ0v) is 9.71. The Labute approximate surface area is 91.5 Å². The highest BCUT2D eigenvalue weighted by Crippen LogP contribution is 2.42. The fourth-order valence-electron chi connectivity index (χ4n) is 2.63. The first-order valence-electron chi connectivity index (χ1n) is 5.62. The van der Waals surface area contributed by atoms with E-state index in [1.807, 2.05) is 6.07 Å². The van der Waals surface area contributed by atoms with E-state index in [1.54, 1.807) is 6.92 Å². The van der Waals surface area contributed by atoms with Crippen LogP contribution in [0.15, 0.2) is 24.3 Å². The predicted octanol–water partition coefficient (Wildman–Crippen LogP) is 3.43. The molecule has 15 heavy (non-hydrogen) atoms. The molecule has 1 aromatic carbocycles. The first-order valence-corrected chi connectivity index (χ1v) is 5.62. The van der Waals surface area contributed by atoms with Gasteiger partial charge in [-0.05, 0) is 36.3 Å². The van der Waals surface area contributed by atoms with Gasteiger partial charge in [-0.1, -0.05) is 38.1 Å². The maximum Gasteiger partial charge on any atom is 0.137 e. The standard InChI is InChI=1S/C14H18O/c1-10(15)11-8-9-14(2,3)13-7-5-4-6-12(11)13/h4-7,11H,8-9H2,1-3H3. The minimum Gasteiger partial charge on any atom is -0.299 e. The summed E-state index contributed by atoms with van der Waals surface area (Å²) < 4.78 is 0. The molecule has 0 N–H and O–H groups in total. The molecule has 0 heterocycles. The van der Waals surface area contributed by atoms with E-state index in [9.17, 15) is 4.79 Å². The molecule has 0 spiro atoms. The fourth-order valence-corrected chi connectivity index (χ4v) is 2.63. The third-order valence-electron chi connectivity index (χ3n) is 3.61. The minimum absolute atomic E-state index is 0.134. The Morgan fingerprint density at radius 1 is 1.33 bits per heavy atom. The number of rotatable bonds is 1. The quantitative estimate of drug-likeness (QED) is 0.682. The van der Waals surface area contributed by atoms with Crippen molar-refractivity contribution in [1.82, 2.24) is 0 Å². The molecule has 0 aliphatic heterocycles. The Hall–Kier alpha value is -1.11. The largest absolute Gasteiger partial charge is 0.299 e. The number of hydrogen-bond donors (Lipinski definition) is 0. The lowest BCUT2D eigenvalue weighted by Crippen LogP contribution is -2.28. The molecule has 1 aliphatic carbocycles. The highest BCUT2D eigenvalue weighted by molar-refractivity contribution is 5.84. The highest BCUT2D eigenvalue weighted by atomic mass is 16.1. The van der Waals surface area contributed by atoms with E-state index in [0.29, 0.717) is 5.78 Å². The Bertz CT molecular complexity index is 390. The number of Topliss-reactive ketones (excluding diaryl/α,β-unsaturated/α-hetero) is 1. The molecule has 0 saturated heterocycles. The van der Waals surface area contributed by atoms with Crippen molar-refractivity contribution in [2.45, 2.75) is 44.9 Å². The Morgan fingerprint density at radius 3 is 2.67 bits per heavy atom. The van der Waals surface area contributed by atoms with Crippen LogP contribution in [0.4, 0.5) is 0 Å². The lowest BCUT2D eigenvalue weighted by Gasteiger charge is -2.36. The molecular weight excluding hydrogens is 184 g/mol. The maximum absolute atomic E-state index is 11.6. The van der Waals surface area contributed by atoms with Crippen LogP contribution in [-0.4, -0.2) is 5.78 Å². The Balaban J connectivity index is 2.53. The van der Waals surface area contributed by atoms with Crippen LogP contribution in [0.5, 0.6) is 0 Å². The summed E-state index contributed by atoms with van der Waals surface area (Å²) in [4.78, 5) is 11.6. The molecule has 1 atom stereocenters. The van der Waals surface area contributed by atoms with Gasteiger partial charge in [-0.3, -0.25) is 4.79 Å². The summed E-state index contributed by atoms with van der Waals surface area (Å²) in [6, 6.07) is 8.39. The lowest BCUT2D eigenvalue weighted by atomic mass is 9.68. The molecule has 0 bridgehead atoms. The molecule has 1 nitrogen and oxygen atoms in total. The molecule has 1 heteroatoms. The van der Waals surface area contributed by atoms with Crippen LogP contribution >= 0.6 is 0 Å². The van der Waals surface area contributed by atoms with Gasteiger partial charge in [-0.25, -0.2) is 0 Å². The molecule has 1 aromatic rings. The molecule has 2 rings (SSSR count). The average Bonchev–Trinajstić information content (AvgIpc) is 2.17. The van der Waals surface area contributed by atoms with Gasteiger partial charge in [0.2, 0.25) is 0 Å². The number of carbonyl (C=O) groups excluding carboxylic acids is 1. The summed E-state index contributed by atoms with van der Waals surface area (Å²) in [7, 11) is 0. The molecule has 1 unspecified atom stereocenters. The van der Waals surface area contributed by atoms with Crippen molar-refractivity contribution in [3.63, 3.8) is 0 Å². The van der Waals surface area contributed by atoms with E-state index in [4.69, 9.17) is 0 Å². The zero-order chi connectivity index (χ0) is 11.1. The maximum atomic E-state index is 11.6. The number of carbonyl (C=O) groups is 1. The second kappa shape index (κ2) is 3.48. The second-order valence-corrected chi connectivity index (χ2v) is 5.17. The van der Waals surface area contributed by atoms with Gasteiger partial charge >= 0.3 is 0 Å². The topological polar surface area (TPSA) is 17.1 Å². The SMILES string of the molecule is CC(=O)C1CCC(C)(C)c2ccccc21. The van der Waals surface area contributed by atoms with Crippen LogP contribution in [-0.2, 0) is 10.2 Å². The number of fused-ring (bicyclic) bond motifs is 1. The van der Waals surface area contributed by atoms with E-state index in [2.05, 4.69) is 32.0 Å². The summed E-state index contributed by atoms with van der Waals surface area (Å²) >= 11 is 0. The third-order valence-corrected chi connectivity index (χ3v) is 3.61. The van der Waals surface area contributed by atoms with Crippen molar-refractivity contribution in [3.05, 3.63) is 35.4 Å². The van der Waals surface area contributed by atoms with Crippen molar-refractivity contribution < 1.29 is 4.79 Å².